The van der Waals surface area contributed by atoms with Crippen molar-refractivity contribution >= 4 is 11.6 Å². The van der Waals surface area contributed by atoms with Crippen LogP contribution in [0.4, 0.5) is 5.69 Å². The van der Waals surface area contributed by atoms with Gasteiger partial charge in [-0.1, -0.05) is 25.5 Å². The lowest BCUT2D eigenvalue weighted by molar-refractivity contribution is -0.135. The first-order chi connectivity index (χ1) is 14.5. The standard InChI is InChI=1S/C25H32N2O3/c1-4-29-21-10-12-22(13-11-21)30-23-16-27(17-23)20-8-6-19(7-9-20)18(2)26-24(28)25(3)14-5-15-25/h6-13,18,23H,4-5,14-17H2,1-3H3,(H,26,28). The number of hydrogen-bond donors (Lipinski definition) is 1. The molecule has 160 valence electrons. The van der Waals surface area contributed by atoms with Crippen LogP contribution in [0.5, 0.6) is 11.5 Å². The van der Waals surface area contributed by atoms with Crippen LogP contribution in [0, 0.1) is 5.41 Å². The Morgan fingerprint density at radius 1 is 1.10 bits per heavy atom. The van der Waals surface area contributed by atoms with Crippen LogP contribution in [0.15, 0.2) is 48.5 Å². The van der Waals surface area contributed by atoms with Crippen LogP contribution in [0.25, 0.3) is 0 Å². The second-order valence-electron chi connectivity index (χ2n) is 8.75. The van der Waals surface area contributed by atoms with Gasteiger partial charge in [0.2, 0.25) is 5.91 Å². The molecule has 1 heterocycles. The van der Waals surface area contributed by atoms with Crippen LogP contribution in [0.1, 0.15) is 51.6 Å². The highest BCUT2D eigenvalue weighted by atomic mass is 16.5. The van der Waals surface area contributed by atoms with E-state index < -0.39 is 0 Å². The second-order valence-corrected chi connectivity index (χ2v) is 8.75. The van der Waals surface area contributed by atoms with Gasteiger partial charge in [-0.05, 0) is 68.7 Å². The van der Waals surface area contributed by atoms with Gasteiger partial charge >= 0.3 is 0 Å². The SMILES string of the molecule is CCOc1ccc(OC2CN(c3ccc(C(C)NC(=O)C4(C)CCC4)cc3)C2)cc1. The van der Waals surface area contributed by atoms with E-state index in [-0.39, 0.29) is 23.5 Å². The van der Waals surface area contributed by atoms with Crippen molar-refractivity contribution in [2.45, 2.75) is 52.2 Å². The molecule has 2 fully saturated rings. The Kier molecular flexibility index (Phi) is 5.89. The predicted octanol–water partition coefficient (Wildman–Crippen LogP) is 4.72. The van der Waals surface area contributed by atoms with Gasteiger partial charge in [0.05, 0.1) is 25.7 Å². The van der Waals surface area contributed by atoms with Gasteiger partial charge in [-0.3, -0.25) is 4.79 Å². The summed E-state index contributed by atoms with van der Waals surface area (Å²) in [6, 6.07) is 16.3. The third-order valence-corrected chi connectivity index (χ3v) is 6.40. The second kappa shape index (κ2) is 8.58. The zero-order chi connectivity index (χ0) is 21.1. The van der Waals surface area contributed by atoms with E-state index in [1.165, 1.54) is 5.69 Å². The number of rotatable bonds is 8. The molecule has 1 aliphatic heterocycles. The number of carbonyl (C=O) groups excluding carboxylic acids is 1. The normalized spacial score (nSPS) is 18.7. The van der Waals surface area contributed by atoms with Gasteiger partial charge in [-0.15, -0.1) is 0 Å². The first kappa shape index (κ1) is 20.6. The number of amides is 1. The van der Waals surface area contributed by atoms with Gasteiger partial charge in [-0.2, -0.15) is 0 Å². The monoisotopic (exact) mass is 408 g/mol. The summed E-state index contributed by atoms with van der Waals surface area (Å²) < 4.78 is 11.5. The molecular weight excluding hydrogens is 376 g/mol. The molecule has 0 radical (unpaired) electrons. The summed E-state index contributed by atoms with van der Waals surface area (Å²) in [7, 11) is 0. The van der Waals surface area contributed by atoms with Crippen molar-refractivity contribution in [1.29, 1.82) is 0 Å². The maximum atomic E-state index is 12.5. The molecule has 1 amide bonds. The van der Waals surface area contributed by atoms with Crippen LogP contribution in [0.3, 0.4) is 0 Å². The van der Waals surface area contributed by atoms with E-state index in [2.05, 4.69) is 48.3 Å². The van der Waals surface area contributed by atoms with Crippen molar-refractivity contribution in [3.8, 4) is 11.5 Å². The highest BCUT2D eigenvalue weighted by Crippen LogP contribution is 2.40. The van der Waals surface area contributed by atoms with Gasteiger partial charge in [0.25, 0.3) is 0 Å². The number of anilines is 1. The van der Waals surface area contributed by atoms with Crippen molar-refractivity contribution in [2.24, 2.45) is 5.41 Å². The molecule has 2 aromatic rings. The third-order valence-electron chi connectivity index (χ3n) is 6.40. The molecule has 1 atom stereocenters. The zero-order valence-electron chi connectivity index (χ0n) is 18.2. The maximum absolute atomic E-state index is 12.5. The van der Waals surface area contributed by atoms with Crippen molar-refractivity contribution < 1.29 is 14.3 Å². The van der Waals surface area contributed by atoms with Gasteiger partial charge in [-0.25, -0.2) is 0 Å². The minimum Gasteiger partial charge on any atom is -0.494 e. The molecule has 1 N–H and O–H groups in total. The Balaban J connectivity index is 1.25. The quantitative estimate of drug-likeness (QED) is 0.687. The van der Waals surface area contributed by atoms with Crippen molar-refractivity contribution in [1.82, 2.24) is 5.32 Å². The number of carbonyl (C=O) groups is 1. The lowest BCUT2D eigenvalue weighted by atomic mass is 9.69. The van der Waals surface area contributed by atoms with E-state index in [9.17, 15) is 4.79 Å². The van der Waals surface area contributed by atoms with Crippen LogP contribution in [0.2, 0.25) is 0 Å². The molecule has 1 saturated carbocycles. The Morgan fingerprint density at radius 3 is 2.30 bits per heavy atom. The van der Waals surface area contributed by atoms with Crippen LogP contribution < -0.4 is 19.7 Å². The zero-order valence-corrected chi connectivity index (χ0v) is 18.2. The molecule has 0 aromatic heterocycles. The molecule has 5 heteroatoms. The summed E-state index contributed by atoms with van der Waals surface area (Å²) in [5.41, 5.74) is 2.16. The van der Waals surface area contributed by atoms with Crippen molar-refractivity contribution in [3.05, 3.63) is 54.1 Å². The van der Waals surface area contributed by atoms with Crippen molar-refractivity contribution in [3.63, 3.8) is 0 Å². The summed E-state index contributed by atoms with van der Waals surface area (Å²) in [6.07, 6.45) is 3.36. The van der Waals surface area contributed by atoms with E-state index in [0.29, 0.717) is 6.61 Å². The summed E-state index contributed by atoms with van der Waals surface area (Å²) >= 11 is 0. The van der Waals surface area contributed by atoms with Crippen LogP contribution in [-0.2, 0) is 4.79 Å². The minimum absolute atomic E-state index is 0.0242. The number of hydrogen-bond acceptors (Lipinski definition) is 4. The van der Waals surface area contributed by atoms with E-state index in [1.807, 2.05) is 31.2 Å². The van der Waals surface area contributed by atoms with Gasteiger partial charge in [0.1, 0.15) is 17.6 Å². The third kappa shape index (κ3) is 4.40. The molecule has 2 aliphatic rings. The fourth-order valence-corrected chi connectivity index (χ4v) is 4.06. The molecule has 1 saturated heterocycles. The van der Waals surface area contributed by atoms with Gasteiger partial charge in [0, 0.05) is 11.1 Å². The summed E-state index contributed by atoms with van der Waals surface area (Å²) in [6.45, 7) is 8.51. The van der Waals surface area contributed by atoms with E-state index in [1.54, 1.807) is 0 Å². The fraction of sp³-hybridized carbons (Fsp3) is 0.480. The fourth-order valence-electron chi connectivity index (χ4n) is 4.06. The van der Waals surface area contributed by atoms with Gasteiger partial charge < -0.3 is 19.7 Å². The van der Waals surface area contributed by atoms with Gasteiger partial charge in [0.15, 0.2) is 0 Å². The minimum atomic E-state index is -0.163. The predicted molar refractivity (Wildman–Crippen MR) is 119 cm³/mol. The summed E-state index contributed by atoms with van der Waals surface area (Å²) in [4.78, 5) is 14.8. The Labute approximate surface area is 179 Å². The molecule has 2 aromatic carbocycles. The molecule has 5 nitrogen and oxygen atoms in total. The highest BCUT2D eigenvalue weighted by molar-refractivity contribution is 5.83. The number of ether oxygens (including phenoxy) is 2. The van der Waals surface area contributed by atoms with E-state index in [4.69, 9.17) is 9.47 Å². The average Bonchev–Trinajstić information content (AvgIpc) is 2.70. The Hall–Kier alpha value is -2.69. The largest absolute Gasteiger partial charge is 0.494 e. The highest BCUT2D eigenvalue weighted by Gasteiger charge is 2.39. The Morgan fingerprint density at radius 2 is 1.73 bits per heavy atom. The summed E-state index contributed by atoms with van der Waals surface area (Å²) in [5.74, 6) is 1.93. The van der Waals surface area contributed by atoms with Crippen LogP contribution >= 0.6 is 0 Å². The van der Waals surface area contributed by atoms with E-state index >= 15 is 0 Å². The molecule has 0 bridgehead atoms. The first-order valence-corrected chi connectivity index (χ1v) is 11.0. The average molecular weight is 409 g/mol. The molecule has 1 unspecified atom stereocenters. The molecule has 30 heavy (non-hydrogen) atoms. The number of benzene rings is 2. The number of nitrogens with zero attached hydrogens (tertiary/aromatic N) is 1. The van der Waals surface area contributed by atoms with Crippen LogP contribution in [-0.4, -0.2) is 31.7 Å². The molecule has 1 aliphatic carbocycles. The lowest BCUT2D eigenvalue weighted by Gasteiger charge is -2.41. The number of nitrogens with one attached hydrogen (secondary N) is 1. The molecule has 4 rings (SSSR count). The van der Waals surface area contributed by atoms with Crippen molar-refractivity contribution in [2.75, 3.05) is 24.6 Å². The smallest absolute Gasteiger partial charge is 0.226 e. The maximum Gasteiger partial charge on any atom is 0.226 e. The first-order valence-electron chi connectivity index (χ1n) is 11.0. The topological polar surface area (TPSA) is 50.8 Å². The summed E-state index contributed by atoms with van der Waals surface area (Å²) in [5, 5.41) is 3.18. The molecule has 0 spiro atoms. The van der Waals surface area contributed by atoms with E-state index in [0.717, 1.165) is 49.4 Å². The lowest BCUT2D eigenvalue weighted by Crippen LogP contribution is -2.54. The molecular formula is C25H32N2O3. The Bertz CT molecular complexity index is 853.